The molecule has 3 nitrogen and oxygen atoms in total. The van der Waals surface area contributed by atoms with Crippen LogP contribution in [0.4, 0.5) is 0 Å². The number of hydrogen-bond acceptors (Lipinski definition) is 2. The van der Waals surface area contributed by atoms with Gasteiger partial charge >= 0.3 is 0 Å². The minimum absolute atomic E-state index is 1.000. The summed E-state index contributed by atoms with van der Waals surface area (Å²) in [7, 11) is 0. The van der Waals surface area contributed by atoms with Crippen molar-refractivity contribution < 1.29 is 0 Å². The number of aryl methyl sites for hydroxylation is 2. The molecule has 1 aromatic heterocycles. The lowest BCUT2D eigenvalue weighted by molar-refractivity contribution is 0.565. The highest BCUT2D eigenvalue weighted by molar-refractivity contribution is 5.24. The molecule has 0 amide bonds. The van der Waals surface area contributed by atoms with Crippen molar-refractivity contribution in [1.82, 2.24) is 15.1 Å². The molecule has 0 aliphatic rings. The zero-order chi connectivity index (χ0) is 12.7. The van der Waals surface area contributed by atoms with Crippen molar-refractivity contribution in [3.8, 4) is 0 Å². The van der Waals surface area contributed by atoms with Gasteiger partial charge in [-0.1, -0.05) is 13.0 Å². The maximum Gasteiger partial charge on any atom is 0.0628 e. The molecule has 1 N–H and O–H groups in total. The van der Waals surface area contributed by atoms with Crippen molar-refractivity contribution in [2.24, 2.45) is 0 Å². The van der Waals surface area contributed by atoms with Crippen molar-refractivity contribution in [2.75, 3.05) is 13.1 Å². The van der Waals surface area contributed by atoms with Crippen LogP contribution in [0, 0.1) is 13.8 Å². The van der Waals surface area contributed by atoms with E-state index in [-0.39, 0.29) is 0 Å². The first-order chi connectivity index (χ1) is 8.20. The maximum atomic E-state index is 4.62. The smallest absolute Gasteiger partial charge is 0.0628 e. The summed E-state index contributed by atoms with van der Waals surface area (Å²) < 4.78 is 2.14. The first-order valence-corrected chi connectivity index (χ1v) is 6.55. The van der Waals surface area contributed by atoms with E-state index in [1.807, 2.05) is 6.08 Å². The highest BCUT2D eigenvalue weighted by Gasteiger charge is 2.10. The average Bonchev–Trinajstić information content (AvgIpc) is 2.57. The summed E-state index contributed by atoms with van der Waals surface area (Å²) in [5, 5.41) is 7.98. The van der Waals surface area contributed by atoms with Gasteiger partial charge in [-0.05, 0) is 51.8 Å². The fourth-order valence-electron chi connectivity index (χ4n) is 2.09. The molecule has 3 heteroatoms. The zero-order valence-electron chi connectivity index (χ0n) is 11.4. The molecule has 0 saturated carbocycles. The lowest BCUT2D eigenvalue weighted by Gasteiger charge is -2.05. The van der Waals surface area contributed by atoms with E-state index in [2.05, 4.69) is 42.4 Å². The van der Waals surface area contributed by atoms with Crippen LogP contribution >= 0.6 is 0 Å². The molecule has 0 fully saturated rings. The van der Waals surface area contributed by atoms with Gasteiger partial charge in [-0.2, -0.15) is 5.10 Å². The Hall–Kier alpha value is -1.09. The summed E-state index contributed by atoms with van der Waals surface area (Å²) in [4.78, 5) is 0. The second-order valence-corrected chi connectivity index (χ2v) is 4.41. The Balaban J connectivity index is 2.61. The van der Waals surface area contributed by atoms with Crippen LogP contribution in [0.3, 0.4) is 0 Å². The third-order valence-corrected chi connectivity index (χ3v) is 3.11. The predicted octanol–water partition coefficient (Wildman–Crippen LogP) is 2.62. The molecule has 0 spiro atoms. The predicted molar refractivity (Wildman–Crippen MR) is 73.4 cm³/mol. The fraction of sp³-hybridized carbons (Fsp3) is 0.643. The molecule has 1 heterocycles. The van der Waals surface area contributed by atoms with Crippen LogP contribution in [0.25, 0.3) is 0 Å². The van der Waals surface area contributed by atoms with Gasteiger partial charge in [0.15, 0.2) is 0 Å². The number of unbranched alkanes of at least 4 members (excludes halogenated alkanes) is 1. The number of nitrogens with one attached hydrogen (secondary N) is 1. The van der Waals surface area contributed by atoms with Crippen molar-refractivity contribution >= 4 is 0 Å². The Morgan fingerprint density at radius 3 is 2.82 bits per heavy atom. The van der Waals surface area contributed by atoms with Gasteiger partial charge in [0.25, 0.3) is 0 Å². The van der Waals surface area contributed by atoms with E-state index in [9.17, 15) is 0 Å². The Kier molecular flexibility index (Phi) is 5.98. The molecule has 0 radical (unpaired) electrons. The van der Waals surface area contributed by atoms with Gasteiger partial charge in [0, 0.05) is 12.2 Å². The molecular formula is C14H25N3. The number of hydrogen-bond donors (Lipinski definition) is 1. The number of nitrogens with zero attached hydrogens (tertiary/aromatic N) is 2. The van der Waals surface area contributed by atoms with Crippen LogP contribution in [-0.4, -0.2) is 22.9 Å². The second-order valence-electron chi connectivity index (χ2n) is 4.41. The number of allylic oxidation sites excluding steroid dienone is 1. The van der Waals surface area contributed by atoms with Gasteiger partial charge in [0.05, 0.1) is 5.69 Å². The SMILES string of the molecule is C=CCCCn1nc(C)c(CCNCC)c1C. The first-order valence-electron chi connectivity index (χ1n) is 6.55. The minimum atomic E-state index is 1.000. The summed E-state index contributed by atoms with van der Waals surface area (Å²) in [5.74, 6) is 0. The molecule has 1 rings (SSSR count). The highest BCUT2D eigenvalue weighted by atomic mass is 15.3. The standard InChI is InChI=1S/C14H25N3/c1-5-7-8-11-17-13(4)14(12(3)16-17)9-10-15-6-2/h5,15H,1,6-11H2,2-4H3. The lowest BCUT2D eigenvalue weighted by atomic mass is 10.1. The van der Waals surface area contributed by atoms with Gasteiger partial charge in [0.1, 0.15) is 0 Å². The molecular weight excluding hydrogens is 210 g/mol. The zero-order valence-corrected chi connectivity index (χ0v) is 11.4. The van der Waals surface area contributed by atoms with E-state index in [1.54, 1.807) is 0 Å². The molecule has 17 heavy (non-hydrogen) atoms. The van der Waals surface area contributed by atoms with Crippen molar-refractivity contribution in [1.29, 1.82) is 0 Å². The van der Waals surface area contributed by atoms with Gasteiger partial charge in [-0.15, -0.1) is 6.58 Å². The summed E-state index contributed by atoms with van der Waals surface area (Å²) >= 11 is 0. The van der Waals surface area contributed by atoms with E-state index >= 15 is 0 Å². The highest BCUT2D eigenvalue weighted by Crippen LogP contribution is 2.14. The van der Waals surface area contributed by atoms with E-state index < -0.39 is 0 Å². The molecule has 0 atom stereocenters. The number of likely N-dealkylation sites (N-methyl/N-ethyl adjacent to an activating group) is 1. The molecule has 0 aromatic carbocycles. The first kappa shape index (κ1) is 14.0. The minimum Gasteiger partial charge on any atom is -0.317 e. The Morgan fingerprint density at radius 1 is 1.41 bits per heavy atom. The van der Waals surface area contributed by atoms with Crippen molar-refractivity contribution in [3.05, 3.63) is 29.6 Å². The normalized spacial score (nSPS) is 10.8. The Bertz CT molecular complexity index is 353. The van der Waals surface area contributed by atoms with Crippen LogP contribution in [0.1, 0.15) is 36.7 Å². The molecule has 0 unspecified atom stereocenters. The third kappa shape index (κ3) is 4.00. The molecule has 0 bridgehead atoms. The van der Waals surface area contributed by atoms with Gasteiger partial charge in [-0.25, -0.2) is 0 Å². The fourth-order valence-corrected chi connectivity index (χ4v) is 2.09. The van der Waals surface area contributed by atoms with E-state index in [1.165, 1.54) is 17.0 Å². The molecule has 0 saturated heterocycles. The van der Waals surface area contributed by atoms with Crippen LogP contribution in [0.15, 0.2) is 12.7 Å². The number of aromatic nitrogens is 2. The van der Waals surface area contributed by atoms with Crippen LogP contribution < -0.4 is 5.32 Å². The van der Waals surface area contributed by atoms with Gasteiger partial charge in [0.2, 0.25) is 0 Å². The van der Waals surface area contributed by atoms with Crippen molar-refractivity contribution in [2.45, 2.75) is 46.6 Å². The molecule has 0 aliphatic carbocycles. The van der Waals surface area contributed by atoms with Crippen LogP contribution in [0.2, 0.25) is 0 Å². The van der Waals surface area contributed by atoms with Crippen LogP contribution in [-0.2, 0) is 13.0 Å². The maximum absolute atomic E-state index is 4.62. The summed E-state index contributed by atoms with van der Waals surface area (Å²) in [5.41, 5.74) is 3.91. The van der Waals surface area contributed by atoms with E-state index in [4.69, 9.17) is 0 Å². The summed E-state index contributed by atoms with van der Waals surface area (Å²) in [6.07, 6.45) is 5.23. The monoisotopic (exact) mass is 235 g/mol. The van der Waals surface area contributed by atoms with Gasteiger partial charge in [-0.3, -0.25) is 4.68 Å². The molecule has 1 aromatic rings. The topological polar surface area (TPSA) is 29.9 Å². The third-order valence-electron chi connectivity index (χ3n) is 3.11. The largest absolute Gasteiger partial charge is 0.317 e. The van der Waals surface area contributed by atoms with Gasteiger partial charge < -0.3 is 5.32 Å². The van der Waals surface area contributed by atoms with E-state index in [0.29, 0.717) is 0 Å². The number of rotatable bonds is 8. The second kappa shape index (κ2) is 7.28. The molecule has 96 valence electrons. The molecule has 0 aliphatic heterocycles. The Morgan fingerprint density at radius 2 is 2.18 bits per heavy atom. The van der Waals surface area contributed by atoms with E-state index in [0.717, 1.165) is 38.9 Å². The van der Waals surface area contributed by atoms with Crippen molar-refractivity contribution in [3.63, 3.8) is 0 Å². The van der Waals surface area contributed by atoms with Crippen LogP contribution in [0.5, 0.6) is 0 Å². The quantitative estimate of drug-likeness (QED) is 0.554. The Labute approximate surface area is 105 Å². The lowest BCUT2D eigenvalue weighted by Crippen LogP contribution is -2.16. The summed E-state index contributed by atoms with van der Waals surface area (Å²) in [6, 6.07) is 0. The summed E-state index contributed by atoms with van der Waals surface area (Å²) in [6.45, 7) is 13.2. The average molecular weight is 235 g/mol.